The molecule has 10 nitrogen and oxygen atoms in total. The third kappa shape index (κ3) is 6.88. The molecule has 0 aromatic heterocycles. The van der Waals surface area contributed by atoms with Crippen LogP contribution in [0, 0.1) is 0 Å². The number of carbonyl (C=O) groups is 3. The second-order valence-electron chi connectivity index (χ2n) is 14.3. The van der Waals surface area contributed by atoms with E-state index in [9.17, 15) is 19.5 Å². The van der Waals surface area contributed by atoms with Crippen molar-refractivity contribution in [2.75, 3.05) is 44.6 Å². The van der Waals surface area contributed by atoms with E-state index in [-0.39, 0.29) is 18.9 Å². The molecule has 3 aliphatic carbocycles. The molecule has 0 fully saturated rings. The molecule has 7 rings (SSSR count). The van der Waals surface area contributed by atoms with Crippen molar-refractivity contribution in [3.63, 3.8) is 0 Å². The average molecular weight is 691 g/mol. The summed E-state index contributed by atoms with van der Waals surface area (Å²) >= 11 is 0. The predicted octanol–water partition coefficient (Wildman–Crippen LogP) is 5.63. The molecule has 3 aliphatic rings. The first-order valence-electron chi connectivity index (χ1n) is 17.3. The Bertz CT molecular complexity index is 1930. The molecule has 51 heavy (non-hydrogen) atoms. The number of carboxylic acids is 2. The number of nitrogens with two attached hydrogens (primary N) is 1. The van der Waals surface area contributed by atoms with Crippen LogP contribution in [0.5, 0.6) is 0 Å². The van der Waals surface area contributed by atoms with Crippen LogP contribution in [0.1, 0.15) is 52.1 Å². The van der Waals surface area contributed by atoms with Gasteiger partial charge in [-0.1, -0.05) is 72.8 Å². The van der Waals surface area contributed by atoms with Gasteiger partial charge in [-0.25, -0.2) is 9.59 Å². The highest BCUT2D eigenvalue weighted by molar-refractivity contribution is 5.86. The van der Waals surface area contributed by atoms with E-state index in [2.05, 4.69) is 40.5 Å². The summed E-state index contributed by atoms with van der Waals surface area (Å²) in [5.41, 5.74) is 14.6. The Hall–Kier alpha value is -5.35. The van der Waals surface area contributed by atoms with E-state index in [1.54, 1.807) is 0 Å². The van der Waals surface area contributed by atoms with Crippen molar-refractivity contribution >= 4 is 29.4 Å². The van der Waals surface area contributed by atoms with Crippen LogP contribution in [0.4, 0.5) is 16.2 Å². The molecule has 4 aromatic carbocycles. The van der Waals surface area contributed by atoms with Crippen molar-refractivity contribution in [2.45, 2.75) is 55.5 Å². The van der Waals surface area contributed by atoms with Crippen LogP contribution in [0.25, 0.3) is 11.1 Å². The molecule has 0 spiro atoms. The summed E-state index contributed by atoms with van der Waals surface area (Å²) in [6.45, 7) is 0.150. The van der Waals surface area contributed by atoms with E-state index in [4.69, 9.17) is 15.6 Å². The van der Waals surface area contributed by atoms with E-state index in [1.165, 1.54) is 5.56 Å². The zero-order chi connectivity index (χ0) is 36.5. The predicted molar refractivity (Wildman–Crippen MR) is 199 cm³/mol. The minimum Gasteiger partial charge on any atom is -0.480 e. The molecule has 0 radical (unpaired) electrons. The standard InChI is InChI=1S/C28H28N2O4.C13H18N2O2/c1-30(2)25-13-7-8-18-16-28(26(31)32,15-14-19(18)25)29-27(33)34-17-24-22-11-5-3-9-20(22)21-10-4-6-12-23(21)24;1-15(2)11-5-3-4-9-8-13(14,12(16)17)7-6-10(9)11/h3-13,24H,14-17H2,1-2H3,(H,29,33)(H,31,32);3-5H,6-8,14H2,1-2H3,(H,16,17). The molecule has 0 bridgehead atoms. The minimum absolute atomic E-state index is 0.0753. The number of nitrogens with zero attached hydrogens (tertiary/aromatic N) is 2. The van der Waals surface area contributed by atoms with Crippen molar-refractivity contribution in [1.29, 1.82) is 0 Å². The number of rotatable bonds is 7. The molecule has 0 heterocycles. The Morgan fingerprint density at radius 1 is 0.725 bits per heavy atom. The third-order valence-electron chi connectivity index (χ3n) is 10.6. The van der Waals surface area contributed by atoms with Gasteiger partial charge in [0.05, 0.1) is 0 Å². The number of anilines is 2. The van der Waals surface area contributed by atoms with Gasteiger partial charge in [-0.2, -0.15) is 0 Å². The molecule has 10 heteroatoms. The number of carbonyl (C=O) groups excluding carboxylic acids is 1. The van der Waals surface area contributed by atoms with Crippen molar-refractivity contribution in [3.8, 4) is 11.1 Å². The summed E-state index contributed by atoms with van der Waals surface area (Å²) in [5.74, 6) is -2.02. The Kier molecular flexibility index (Phi) is 9.81. The Balaban J connectivity index is 0.000000221. The number of benzene rings is 4. The topological polar surface area (TPSA) is 145 Å². The van der Waals surface area contributed by atoms with Crippen molar-refractivity contribution in [3.05, 3.63) is 118 Å². The first-order chi connectivity index (χ1) is 24.3. The quantitative estimate of drug-likeness (QED) is 0.194. The zero-order valence-electron chi connectivity index (χ0n) is 29.6. The second kappa shape index (κ2) is 14.1. The lowest BCUT2D eigenvalue weighted by Gasteiger charge is -2.36. The first-order valence-corrected chi connectivity index (χ1v) is 17.3. The zero-order valence-corrected chi connectivity index (χ0v) is 29.6. The lowest BCUT2D eigenvalue weighted by molar-refractivity contribution is -0.145. The minimum atomic E-state index is -1.39. The average Bonchev–Trinajstić information content (AvgIpc) is 3.43. The fourth-order valence-corrected chi connectivity index (χ4v) is 7.87. The summed E-state index contributed by atoms with van der Waals surface area (Å²) < 4.78 is 5.65. The number of alkyl carbamates (subject to hydrolysis) is 1. The monoisotopic (exact) mass is 690 g/mol. The molecule has 4 aromatic rings. The van der Waals surface area contributed by atoms with E-state index in [0.29, 0.717) is 25.7 Å². The second-order valence-corrected chi connectivity index (χ2v) is 14.3. The highest BCUT2D eigenvalue weighted by Crippen LogP contribution is 2.44. The van der Waals surface area contributed by atoms with Crippen LogP contribution in [-0.4, -0.2) is 74.1 Å². The maximum atomic E-state index is 12.9. The smallest absolute Gasteiger partial charge is 0.408 e. The summed E-state index contributed by atoms with van der Waals surface area (Å²) in [7, 11) is 7.95. The van der Waals surface area contributed by atoms with E-state index >= 15 is 0 Å². The molecule has 2 atom stereocenters. The van der Waals surface area contributed by atoms with Crippen molar-refractivity contribution in [2.24, 2.45) is 5.73 Å². The highest BCUT2D eigenvalue weighted by atomic mass is 16.5. The van der Waals surface area contributed by atoms with Crippen LogP contribution < -0.4 is 20.9 Å². The van der Waals surface area contributed by atoms with Gasteiger partial charge in [-0.05, 0) is 82.3 Å². The Labute approximate surface area is 298 Å². The lowest BCUT2D eigenvalue weighted by Crippen LogP contribution is -2.58. The van der Waals surface area contributed by atoms with Crippen LogP contribution >= 0.6 is 0 Å². The van der Waals surface area contributed by atoms with Crippen LogP contribution in [-0.2, 0) is 40.0 Å². The van der Waals surface area contributed by atoms with Crippen LogP contribution in [0.15, 0.2) is 84.9 Å². The van der Waals surface area contributed by atoms with Crippen LogP contribution in [0.2, 0.25) is 0 Å². The largest absolute Gasteiger partial charge is 0.480 e. The van der Waals surface area contributed by atoms with Gasteiger partial charge in [0.15, 0.2) is 0 Å². The SMILES string of the molecule is CN(C)c1cccc2c1CCC(N)(C(=O)O)C2.CN(C)c1cccc2c1CCC(NC(=O)OCC1c3ccccc3-c3ccccc31)(C(=O)O)C2. The number of ether oxygens (including phenoxy) is 1. The fraction of sp³-hybridized carbons (Fsp3) is 0.341. The third-order valence-corrected chi connectivity index (χ3v) is 10.6. The first kappa shape index (κ1) is 35.5. The molecule has 0 aliphatic heterocycles. The summed E-state index contributed by atoms with van der Waals surface area (Å²) in [6, 6.07) is 28.2. The normalized spacial score (nSPS) is 19.9. The summed E-state index contributed by atoms with van der Waals surface area (Å²) in [5, 5.41) is 22.0. The number of carboxylic acid groups (broad SMARTS) is 2. The number of amides is 1. The number of nitrogens with one attached hydrogen (secondary N) is 1. The van der Waals surface area contributed by atoms with E-state index < -0.39 is 29.1 Å². The Morgan fingerprint density at radius 2 is 1.24 bits per heavy atom. The number of hydrogen-bond donors (Lipinski definition) is 4. The van der Waals surface area contributed by atoms with Gasteiger partial charge in [-0.3, -0.25) is 4.79 Å². The summed E-state index contributed by atoms with van der Waals surface area (Å²) in [4.78, 5) is 40.5. The van der Waals surface area contributed by atoms with Gasteiger partial charge >= 0.3 is 18.0 Å². The maximum Gasteiger partial charge on any atom is 0.408 e. The molecule has 0 saturated heterocycles. The van der Waals surface area contributed by atoms with Gasteiger partial charge in [0.2, 0.25) is 0 Å². The van der Waals surface area contributed by atoms with Crippen molar-refractivity contribution < 1.29 is 29.3 Å². The molecule has 1 amide bonds. The van der Waals surface area contributed by atoms with E-state index in [0.717, 1.165) is 56.7 Å². The molecular formula is C41H46N4O6. The molecule has 266 valence electrons. The molecule has 0 saturated carbocycles. The van der Waals surface area contributed by atoms with Gasteiger partial charge in [0.1, 0.15) is 17.7 Å². The van der Waals surface area contributed by atoms with Crippen LogP contribution in [0.3, 0.4) is 0 Å². The highest BCUT2D eigenvalue weighted by Gasteiger charge is 2.44. The lowest BCUT2D eigenvalue weighted by atomic mass is 9.77. The fourth-order valence-electron chi connectivity index (χ4n) is 7.87. The van der Waals surface area contributed by atoms with Gasteiger partial charge in [0, 0.05) is 58.3 Å². The molecule has 2 unspecified atom stereocenters. The van der Waals surface area contributed by atoms with E-state index in [1.807, 2.05) is 87.7 Å². The number of fused-ring (bicyclic) bond motifs is 5. The van der Waals surface area contributed by atoms with Gasteiger partial charge in [-0.15, -0.1) is 0 Å². The maximum absolute atomic E-state index is 12.9. The molecular weight excluding hydrogens is 644 g/mol. The number of hydrogen-bond acceptors (Lipinski definition) is 7. The van der Waals surface area contributed by atoms with Gasteiger partial charge in [0.25, 0.3) is 0 Å². The van der Waals surface area contributed by atoms with Crippen molar-refractivity contribution in [1.82, 2.24) is 5.32 Å². The number of aliphatic carboxylic acids is 2. The molecule has 5 N–H and O–H groups in total. The summed E-state index contributed by atoms with van der Waals surface area (Å²) in [6.07, 6.45) is 2.05. The van der Waals surface area contributed by atoms with Gasteiger partial charge < -0.3 is 35.8 Å². The Morgan fingerprint density at radius 3 is 1.75 bits per heavy atom.